The Morgan fingerprint density at radius 3 is 0.895 bits per heavy atom. The Bertz CT molecular complexity index is 1160. The zero-order valence-electron chi connectivity index (χ0n) is 23.6. The third-order valence-corrected chi connectivity index (χ3v) is 74.2. The van der Waals surface area contributed by atoms with Gasteiger partial charge in [0, 0.05) is 0 Å². The molecule has 1 aliphatic heterocycles. The van der Waals surface area contributed by atoms with Crippen LogP contribution in [0.1, 0.15) is 41.5 Å². The van der Waals surface area contributed by atoms with Gasteiger partial charge < -0.3 is 0 Å². The third kappa shape index (κ3) is 4.87. The fraction of sp³-hybridized carbons (Fsp3) is 0.273. The Kier molecular flexibility index (Phi) is 8.04. The molecule has 1 heterocycles. The van der Waals surface area contributed by atoms with Crippen molar-refractivity contribution in [1.82, 2.24) is 0 Å². The molecule has 0 radical (unpaired) electrons. The van der Waals surface area contributed by atoms with Gasteiger partial charge in [0.1, 0.15) is 0 Å². The van der Waals surface area contributed by atoms with Gasteiger partial charge in [0.15, 0.2) is 0 Å². The summed E-state index contributed by atoms with van der Waals surface area (Å²) in [4.78, 5) is 0. The standard InChI is InChI=1S/C8H18GeO2.4C6H5.CH2.2Sn/c1-7(2,3)9(10,11)8(4,5)6;4*1-2-4-6-5-3-1;;;/h1-6H3;4*1-5H;1H2;;/q-2;;;;;;2*+1. The van der Waals surface area contributed by atoms with Crippen LogP contribution < -0.4 is 14.3 Å². The first kappa shape index (κ1) is 28.5. The molecule has 0 atom stereocenters. The molecule has 0 amide bonds. The van der Waals surface area contributed by atoms with Gasteiger partial charge in [-0.3, -0.25) is 0 Å². The SMILES string of the molecule is C[C](C)(C)[Ge]1([C](C)(C)C)[O][Sn]([c]2ccccc2)([c]2ccccc2)[CH2][Sn]([c]2ccccc2)([c]2ccccc2)[O]1. The molecule has 4 aromatic carbocycles. The van der Waals surface area contributed by atoms with E-state index in [4.69, 9.17) is 4.20 Å². The Morgan fingerprint density at radius 2 is 0.684 bits per heavy atom. The van der Waals surface area contributed by atoms with Crippen LogP contribution in [0.25, 0.3) is 0 Å². The van der Waals surface area contributed by atoms with E-state index >= 15 is 0 Å². The van der Waals surface area contributed by atoms with E-state index in [-0.39, 0.29) is 8.49 Å². The normalized spacial score (nSPS) is 18.6. The molecule has 5 rings (SSSR count). The topological polar surface area (TPSA) is 18.5 Å². The van der Waals surface area contributed by atoms with Crippen LogP contribution in [-0.4, -0.2) is 51.5 Å². The summed E-state index contributed by atoms with van der Waals surface area (Å²) in [6, 6.07) is 45.1. The van der Waals surface area contributed by atoms with Crippen LogP contribution in [0.3, 0.4) is 0 Å². The summed E-state index contributed by atoms with van der Waals surface area (Å²) in [6.45, 7) is 14.4. The van der Waals surface area contributed by atoms with Gasteiger partial charge in [-0.1, -0.05) is 0 Å². The molecule has 196 valence electrons. The van der Waals surface area contributed by atoms with Crippen molar-refractivity contribution < 1.29 is 4.20 Å². The molecule has 0 saturated carbocycles. The minimum atomic E-state index is -3.84. The predicted molar refractivity (Wildman–Crippen MR) is 168 cm³/mol. The molecule has 1 saturated heterocycles. The fourth-order valence-electron chi connectivity index (χ4n) is 6.48. The zero-order chi connectivity index (χ0) is 27.1. The summed E-state index contributed by atoms with van der Waals surface area (Å²) in [7, 11) is 0. The van der Waals surface area contributed by atoms with E-state index in [9.17, 15) is 0 Å². The van der Waals surface area contributed by atoms with Gasteiger partial charge in [0.25, 0.3) is 0 Å². The third-order valence-electron chi connectivity index (χ3n) is 8.07. The van der Waals surface area contributed by atoms with Crippen LogP contribution >= 0.6 is 0 Å². The fourth-order valence-corrected chi connectivity index (χ4v) is 122. The summed E-state index contributed by atoms with van der Waals surface area (Å²) in [5, 5.41) is 0. The maximum atomic E-state index is 8.09. The molecule has 0 bridgehead atoms. The van der Waals surface area contributed by atoms with Crippen LogP contribution in [0.5, 0.6) is 0 Å². The Balaban J connectivity index is 1.95. The van der Waals surface area contributed by atoms with Crippen molar-refractivity contribution >= 4 is 65.8 Å². The van der Waals surface area contributed by atoms with Crippen molar-refractivity contribution in [3.05, 3.63) is 121 Å². The molecule has 2 nitrogen and oxygen atoms in total. The van der Waals surface area contributed by atoms with Crippen LogP contribution in [0.15, 0.2) is 121 Å². The number of hydrogen-bond acceptors (Lipinski definition) is 2. The molecule has 0 N–H and O–H groups in total. The second kappa shape index (κ2) is 10.7. The monoisotopic (exact) mass is 782 g/mol. The van der Waals surface area contributed by atoms with Crippen molar-refractivity contribution in [2.75, 3.05) is 0 Å². The van der Waals surface area contributed by atoms with Gasteiger partial charge in [-0.25, -0.2) is 0 Å². The molecular formula is C33H40GeO2Sn2. The average molecular weight is 779 g/mol. The van der Waals surface area contributed by atoms with Crippen molar-refractivity contribution in [1.29, 1.82) is 0 Å². The summed E-state index contributed by atoms with van der Waals surface area (Å²) in [5.74, 6) is 0. The van der Waals surface area contributed by atoms with E-state index in [1.54, 1.807) is 0 Å². The van der Waals surface area contributed by atoms with Crippen LogP contribution in [0.2, 0.25) is 10.9 Å². The molecule has 1 fully saturated rings. The van der Waals surface area contributed by atoms with E-state index in [1.807, 2.05) is 0 Å². The first-order valence-corrected chi connectivity index (χ1v) is 29.6. The number of rotatable bonds is 4. The quantitative estimate of drug-likeness (QED) is 0.232. The molecule has 1 aliphatic rings. The van der Waals surface area contributed by atoms with Crippen molar-refractivity contribution in [2.24, 2.45) is 0 Å². The van der Waals surface area contributed by atoms with E-state index in [2.05, 4.69) is 163 Å². The molecule has 5 heteroatoms. The van der Waals surface area contributed by atoms with E-state index in [1.165, 1.54) is 14.3 Å². The van der Waals surface area contributed by atoms with Crippen LogP contribution in [0.4, 0.5) is 0 Å². The van der Waals surface area contributed by atoms with Gasteiger partial charge in [-0.2, -0.15) is 0 Å². The molecule has 0 spiro atoms. The number of hydrogen-bond donors (Lipinski definition) is 0. The minimum absolute atomic E-state index is 0.0733. The average Bonchev–Trinajstić information content (AvgIpc) is 2.93. The van der Waals surface area contributed by atoms with E-state index in [0.29, 0.717) is 0 Å². The zero-order valence-corrected chi connectivity index (χ0v) is 31.4. The van der Waals surface area contributed by atoms with Crippen molar-refractivity contribution in [3.8, 4) is 0 Å². The predicted octanol–water partition coefficient (Wildman–Crippen LogP) is 6.13. The summed E-state index contributed by atoms with van der Waals surface area (Å²) >= 11 is -11.3. The van der Waals surface area contributed by atoms with Crippen LogP contribution in [-0.2, 0) is 4.20 Å². The van der Waals surface area contributed by atoms with Gasteiger partial charge >= 0.3 is 244 Å². The Morgan fingerprint density at radius 1 is 0.447 bits per heavy atom. The molecular weight excluding hydrogens is 738 g/mol. The summed E-state index contributed by atoms with van der Waals surface area (Å²) in [6.07, 6.45) is 0. The van der Waals surface area contributed by atoms with Crippen LogP contribution in [0, 0.1) is 0 Å². The van der Waals surface area contributed by atoms with Gasteiger partial charge in [-0.15, -0.1) is 0 Å². The molecule has 0 aromatic heterocycles. The Hall–Kier alpha value is -1.06. The Labute approximate surface area is 241 Å². The maximum absolute atomic E-state index is 8.09. The molecule has 0 aliphatic carbocycles. The van der Waals surface area contributed by atoms with Gasteiger partial charge in [0.2, 0.25) is 0 Å². The molecule has 0 unspecified atom stereocenters. The molecule has 4 aromatic rings. The molecule has 38 heavy (non-hydrogen) atoms. The van der Waals surface area contributed by atoms with Gasteiger partial charge in [-0.05, 0) is 0 Å². The van der Waals surface area contributed by atoms with Crippen molar-refractivity contribution in [2.45, 2.75) is 52.5 Å². The second-order valence-electron chi connectivity index (χ2n) is 12.6. The van der Waals surface area contributed by atoms with Crippen molar-refractivity contribution in [3.63, 3.8) is 0 Å². The van der Waals surface area contributed by atoms with Gasteiger partial charge in [0.05, 0.1) is 0 Å². The first-order valence-electron chi connectivity index (χ1n) is 13.7. The summed E-state index contributed by atoms with van der Waals surface area (Å²) in [5.41, 5.74) is 0. The summed E-state index contributed by atoms with van der Waals surface area (Å²) < 4.78 is 22.8. The number of benzene rings is 4. The van der Waals surface area contributed by atoms with E-state index in [0.717, 1.165) is 2.45 Å². The van der Waals surface area contributed by atoms with E-state index < -0.39 is 51.5 Å². The first-order chi connectivity index (χ1) is 18.0. The second-order valence-corrected chi connectivity index (χ2v) is 52.2.